The lowest BCUT2D eigenvalue weighted by molar-refractivity contribution is -0.00511. The Morgan fingerprint density at radius 2 is 2.35 bits per heavy atom. The van der Waals surface area contributed by atoms with Gasteiger partial charge in [-0.1, -0.05) is 12.5 Å². The number of nitrogens with zero attached hydrogens (tertiary/aromatic N) is 3. The van der Waals surface area contributed by atoms with Gasteiger partial charge in [0.05, 0.1) is 25.9 Å². The van der Waals surface area contributed by atoms with Gasteiger partial charge in [0.2, 0.25) is 0 Å². The van der Waals surface area contributed by atoms with Crippen molar-refractivity contribution in [1.82, 2.24) is 14.7 Å². The minimum absolute atomic E-state index is 0.392. The molecule has 0 unspecified atom stereocenters. The Kier molecular flexibility index (Phi) is 6.21. The third-order valence-corrected chi connectivity index (χ3v) is 5.14. The Morgan fingerprint density at radius 1 is 1.39 bits per heavy atom. The van der Waals surface area contributed by atoms with Gasteiger partial charge in [-0.15, -0.1) is 11.3 Å². The zero-order valence-corrected chi connectivity index (χ0v) is 14.2. The van der Waals surface area contributed by atoms with Gasteiger partial charge >= 0.3 is 0 Å². The molecule has 1 aliphatic heterocycles. The van der Waals surface area contributed by atoms with Crippen molar-refractivity contribution in [3.63, 3.8) is 0 Å². The second-order valence-electron chi connectivity index (χ2n) is 6.12. The first-order valence-corrected chi connectivity index (χ1v) is 9.19. The highest BCUT2D eigenvalue weighted by atomic mass is 32.1. The predicted octanol–water partition coefficient (Wildman–Crippen LogP) is 2.38. The number of hydrogen-bond acceptors (Lipinski definition) is 5. The molecule has 0 amide bonds. The maximum absolute atomic E-state index is 10.3. The van der Waals surface area contributed by atoms with Gasteiger partial charge in [0.25, 0.3) is 0 Å². The van der Waals surface area contributed by atoms with E-state index >= 15 is 0 Å². The lowest BCUT2D eigenvalue weighted by Gasteiger charge is -2.36. The van der Waals surface area contributed by atoms with Crippen molar-refractivity contribution in [2.45, 2.75) is 44.6 Å². The molecule has 1 saturated heterocycles. The van der Waals surface area contributed by atoms with Crippen LogP contribution in [0.2, 0.25) is 0 Å². The molecule has 3 heterocycles. The topological polar surface area (TPSA) is 50.5 Å². The van der Waals surface area contributed by atoms with Crippen molar-refractivity contribution >= 4 is 11.3 Å². The number of piperidine rings is 1. The Labute approximate surface area is 141 Å². The van der Waals surface area contributed by atoms with Crippen LogP contribution in [0, 0.1) is 0 Å². The van der Waals surface area contributed by atoms with Crippen molar-refractivity contribution in [2.24, 2.45) is 0 Å². The Bertz CT molecular complexity index is 544. The maximum Gasteiger partial charge on any atom is 0.0900 e. The van der Waals surface area contributed by atoms with Crippen LogP contribution in [0.15, 0.2) is 36.0 Å². The molecule has 2 atom stereocenters. The van der Waals surface area contributed by atoms with Crippen molar-refractivity contribution in [1.29, 1.82) is 0 Å². The quantitative estimate of drug-likeness (QED) is 0.805. The van der Waals surface area contributed by atoms with E-state index in [1.165, 1.54) is 24.1 Å². The van der Waals surface area contributed by atoms with Crippen LogP contribution in [0.5, 0.6) is 0 Å². The molecule has 1 N–H and O–H groups in total. The molecule has 126 valence electrons. The zero-order chi connectivity index (χ0) is 15.9. The normalized spacial score (nSPS) is 20.7. The number of aliphatic hydroxyl groups excluding tert-OH is 1. The summed E-state index contributed by atoms with van der Waals surface area (Å²) in [5, 5.41) is 16.6. The summed E-state index contributed by atoms with van der Waals surface area (Å²) < 4.78 is 7.63. The van der Waals surface area contributed by atoms with Gasteiger partial charge in [-0.2, -0.15) is 5.10 Å². The van der Waals surface area contributed by atoms with Crippen LogP contribution in [0.4, 0.5) is 0 Å². The first-order chi connectivity index (χ1) is 11.3. The molecule has 2 aromatic heterocycles. The van der Waals surface area contributed by atoms with Crippen LogP contribution in [-0.2, 0) is 17.9 Å². The van der Waals surface area contributed by atoms with Gasteiger partial charge < -0.3 is 9.84 Å². The van der Waals surface area contributed by atoms with Crippen LogP contribution in [-0.4, -0.2) is 51.6 Å². The number of aromatic nitrogens is 2. The summed E-state index contributed by atoms with van der Waals surface area (Å²) in [6.07, 6.45) is 7.02. The number of thiophene rings is 1. The molecule has 0 bridgehead atoms. The van der Waals surface area contributed by atoms with Crippen LogP contribution >= 0.6 is 11.3 Å². The van der Waals surface area contributed by atoms with Crippen LogP contribution in [0.25, 0.3) is 0 Å². The van der Waals surface area contributed by atoms with Gasteiger partial charge in [0, 0.05) is 29.9 Å². The van der Waals surface area contributed by atoms with Crippen LogP contribution in [0.3, 0.4) is 0 Å². The third kappa shape index (κ3) is 5.14. The van der Waals surface area contributed by atoms with Gasteiger partial charge in [-0.3, -0.25) is 9.58 Å². The Morgan fingerprint density at radius 3 is 3.13 bits per heavy atom. The van der Waals surface area contributed by atoms with E-state index in [1.807, 2.05) is 34.6 Å². The highest BCUT2D eigenvalue weighted by Crippen LogP contribution is 2.19. The second kappa shape index (κ2) is 8.59. The van der Waals surface area contributed by atoms with Gasteiger partial charge in [-0.05, 0) is 36.9 Å². The van der Waals surface area contributed by atoms with Gasteiger partial charge in [0.15, 0.2) is 0 Å². The van der Waals surface area contributed by atoms with E-state index in [2.05, 4.69) is 16.1 Å². The van der Waals surface area contributed by atoms with E-state index in [0.717, 1.165) is 13.1 Å². The molecular weight excluding hydrogens is 310 g/mol. The molecule has 0 aliphatic carbocycles. The summed E-state index contributed by atoms with van der Waals surface area (Å²) in [7, 11) is 0. The SMILES string of the molecule is O[C@H](COCc1cccs1)CN1CCCC[C@H]1Cn1cccn1. The van der Waals surface area contributed by atoms with Crippen molar-refractivity contribution in [3.8, 4) is 0 Å². The average Bonchev–Trinajstić information content (AvgIpc) is 3.23. The third-order valence-electron chi connectivity index (χ3n) is 4.29. The summed E-state index contributed by atoms with van der Waals surface area (Å²) >= 11 is 1.69. The highest BCUT2D eigenvalue weighted by molar-refractivity contribution is 7.09. The van der Waals surface area contributed by atoms with Crippen molar-refractivity contribution in [2.75, 3.05) is 19.7 Å². The molecular formula is C17H25N3O2S. The summed E-state index contributed by atoms with van der Waals surface area (Å²) in [5.74, 6) is 0. The molecule has 1 aliphatic rings. The smallest absolute Gasteiger partial charge is 0.0900 e. The molecule has 3 rings (SSSR count). The standard InChI is InChI=1S/C17H25N3O2S/c21-16(13-22-14-17-6-3-10-23-17)12-19-8-2-1-5-15(19)11-20-9-4-7-18-20/h3-4,6-7,9-10,15-16,21H,1-2,5,8,11-14H2/t15-,16-/m0/s1. The molecule has 0 spiro atoms. The Hall–Kier alpha value is -1.21. The first-order valence-electron chi connectivity index (χ1n) is 8.31. The zero-order valence-electron chi connectivity index (χ0n) is 13.4. The monoisotopic (exact) mass is 335 g/mol. The second-order valence-corrected chi connectivity index (χ2v) is 7.15. The first kappa shape index (κ1) is 16.6. The van der Waals surface area contributed by atoms with E-state index < -0.39 is 6.10 Å². The van der Waals surface area contributed by atoms with E-state index in [1.54, 1.807) is 11.3 Å². The average molecular weight is 335 g/mol. The minimum Gasteiger partial charge on any atom is -0.389 e. The molecule has 0 aromatic carbocycles. The summed E-state index contributed by atoms with van der Waals surface area (Å²) in [6.45, 7) is 3.61. The molecule has 2 aromatic rings. The molecule has 1 fully saturated rings. The summed E-state index contributed by atoms with van der Waals surface area (Å²) in [6, 6.07) is 6.49. The maximum atomic E-state index is 10.3. The number of β-amino-alcohol motifs (C(OH)–C–C–N with tert-alkyl or cyclic N) is 1. The van der Waals surface area contributed by atoms with E-state index in [9.17, 15) is 5.11 Å². The van der Waals surface area contributed by atoms with Gasteiger partial charge in [0.1, 0.15) is 0 Å². The lowest BCUT2D eigenvalue weighted by Crippen LogP contribution is -2.46. The van der Waals surface area contributed by atoms with Crippen molar-refractivity contribution < 1.29 is 9.84 Å². The van der Waals surface area contributed by atoms with E-state index in [4.69, 9.17) is 4.74 Å². The summed E-state index contributed by atoms with van der Waals surface area (Å²) in [4.78, 5) is 3.59. The van der Waals surface area contributed by atoms with E-state index in [-0.39, 0.29) is 0 Å². The van der Waals surface area contributed by atoms with Crippen molar-refractivity contribution in [3.05, 3.63) is 40.8 Å². The highest BCUT2D eigenvalue weighted by Gasteiger charge is 2.24. The van der Waals surface area contributed by atoms with Crippen LogP contribution < -0.4 is 0 Å². The van der Waals surface area contributed by atoms with E-state index in [0.29, 0.717) is 25.8 Å². The number of rotatable bonds is 8. The largest absolute Gasteiger partial charge is 0.389 e. The molecule has 6 heteroatoms. The lowest BCUT2D eigenvalue weighted by atomic mass is 10.0. The fourth-order valence-corrected chi connectivity index (χ4v) is 3.79. The number of hydrogen-bond donors (Lipinski definition) is 1. The molecule has 5 nitrogen and oxygen atoms in total. The van der Waals surface area contributed by atoms with Gasteiger partial charge in [-0.25, -0.2) is 0 Å². The molecule has 0 radical (unpaired) electrons. The minimum atomic E-state index is -0.437. The summed E-state index contributed by atoms with van der Waals surface area (Å²) in [5.41, 5.74) is 0. The molecule has 0 saturated carbocycles. The predicted molar refractivity (Wildman–Crippen MR) is 91.4 cm³/mol. The number of likely N-dealkylation sites (tertiary alicyclic amines) is 1. The molecule has 23 heavy (non-hydrogen) atoms. The number of aliphatic hydroxyl groups is 1. The number of ether oxygens (including phenoxy) is 1. The Balaban J connectivity index is 1.44. The fourth-order valence-electron chi connectivity index (χ4n) is 3.15. The fraction of sp³-hybridized carbons (Fsp3) is 0.588. The van der Waals surface area contributed by atoms with Crippen LogP contribution in [0.1, 0.15) is 24.1 Å².